The predicted octanol–water partition coefficient (Wildman–Crippen LogP) is 2.01. The van der Waals surface area contributed by atoms with Crippen molar-refractivity contribution >= 4 is 33.3 Å². The highest BCUT2D eigenvalue weighted by atomic mass is 32.1. The molecule has 0 aliphatic heterocycles. The maximum absolute atomic E-state index is 10.4. The van der Waals surface area contributed by atoms with Gasteiger partial charge >= 0.3 is 0 Å². The number of fused-ring (bicyclic) bond motifs is 1. The molecular weight excluding hydrogens is 390 g/mol. The summed E-state index contributed by atoms with van der Waals surface area (Å²) in [5.74, 6) is 0.677. The molecule has 4 rings (SSSR count). The topological polar surface area (TPSA) is 123 Å². The Kier molecular flexibility index (Phi) is 5.64. The van der Waals surface area contributed by atoms with E-state index in [0.717, 1.165) is 26.5 Å². The van der Waals surface area contributed by atoms with Crippen molar-refractivity contribution in [3.8, 4) is 10.6 Å². The fourth-order valence-electron chi connectivity index (χ4n) is 3.77. The number of anilines is 2. The third-order valence-electron chi connectivity index (χ3n) is 5.29. The van der Waals surface area contributed by atoms with E-state index in [1.54, 1.807) is 11.3 Å². The second-order valence-corrected chi connectivity index (χ2v) is 8.31. The van der Waals surface area contributed by atoms with Crippen LogP contribution in [-0.2, 0) is 0 Å². The first kappa shape index (κ1) is 20.0. The Labute approximate surface area is 172 Å². The molecule has 3 aromatic rings. The first-order valence-electron chi connectivity index (χ1n) is 9.73. The molecule has 29 heavy (non-hydrogen) atoms. The van der Waals surface area contributed by atoms with E-state index in [1.165, 1.54) is 0 Å². The second-order valence-electron chi connectivity index (χ2n) is 7.28. The number of aryl methyl sites for hydroxylation is 1. The molecule has 2 heterocycles. The van der Waals surface area contributed by atoms with Gasteiger partial charge in [-0.05, 0) is 32.4 Å². The first-order valence-corrected chi connectivity index (χ1v) is 10.6. The molecule has 154 valence electrons. The van der Waals surface area contributed by atoms with Gasteiger partial charge in [-0.2, -0.15) is 4.98 Å². The van der Waals surface area contributed by atoms with E-state index in [1.807, 2.05) is 38.1 Å². The van der Waals surface area contributed by atoms with Gasteiger partial charge in [-0.3, -0.25) is 0 Å². The lowest BCUT2D eigenvalue weighted by Crippen LogP contribution is -2.35. The summed E-state index contributed by atoms with van der Waals surface area (Å²) >= 11 is 1.56. The zero-order valence-electron chi connectivity index (χ0n) is 16.3. The minimum atomic E-state index is -0.992. The molecule has 8 nitrogen and oxygen atoms in total. The molecule has 0 saturated heterocycles. The Morgan fingerprint density at radius 1 is 1.14 bits per heavy atom. The molecule has 5 N–H and O–H groups in total. The molecule has 9 heteroatoms. The maximum Gasteiger partial charge on any atom is 0.224 e. The van der Waals surface area contributed by atoms with E-state index in [0.29, 0.717) is 24.7 Å². The van der Waals surface area contributed by atoms with Crippen molar-refractivity contribution < 1.29 is 15.3 Å². The number of nitrogens with one attached hydrogen (secondary N) is 2. The van der Waals surface area contributed by atoms with Crippen LogP contribution in [0.1, 0.15) is 19.0 Å². The SMILES string of the molecule is CCNc1nc(C)c(-c2nc3ccccc3s2)c(N[C@@H]2C[C@H](CO)[C@@H](O)[C@H]2O)n1. The van der Waals surface area contributed by atoms with Crippen molar-refractivity contribution in [1.29, 1.82) is 0 Å². The van der Waals surface area contributed by atoms with E-state index in [9.17, 15) is 15.3 Å². The zero-order chi connectivity index (χ0) is 20.5. The van der Waals surface area contributed by atoms with Crippen LogP contribution in [0.2, 0.25) is 0 Å². The maximum atomic E-state index is 10.4. The minimum absolute atomic E-state index is 0.174. The predicted molar refractivity (Wildman–Crippen MR) is 114 cm³/mol. The van der Waals surface area contributed by atoms with Crippen LogP contribution in [0, 0.1) is 12.8 Å². The fraction of sp³-hybridized carbons (Fsp3) is 0.450. The van der Waals surface area contributed by atoms with Crippen LogP contribution in [-0.4, -0.2) is 61.7 Å². The average molecular weight is 416 g/mol. The molecule has 1 saturated carbocycles. The zero-order valence-corrected chi connectivity index (χ0v) is 17.1. The molecule has 4 atom stereocenters. The van der Waals surface area contributed by atoms with Gasteiger partial charge in [0.2, 0.25) is 5.95 Å². The summed E-state index contributed by atoms with van der Waals surface area (Å²) < 4.78 is 1.07. The minimum Gasteiger partial charge on any atom is -0.396 e. The van der Waals surface area contributed by atoms with E-state index in [2.05, 4.69) is 20.6 Å². The number of rotatable bonds is 6. The number of aliphatic hydroxyl groups is 3. The summed E-state index contributed by atoms with van der Waals surface area (Å²) in [6.45, 7) is 4.38. The largest absolute Gasteiger partial charge is 0.396 e. The fourth-order valence-corrected chi connectivity index (χ4v) is 4.84. The van der Waals surface area contributed by atoms with Gasteiger partial charge in [-0.15, -0.1) is 11.3 Å². The Morgan fingerprint density at radius 2 is 1.93 bits per heavy atom. The molecule has 0 unspecified atom stereocenters. The highest BCUT2D eigenvalue weighted by Gasteiger charge is 2.41. The standard InChI is InChI=1S/C20H25N5O3S/c1-3-21-20-22-10(2)15(19-24-12-6-4-5-7-14(12)29-19)18(25-20)23-13-8-11(9-26)16(27)17(13)28/h4-7,11,13,16-17,26-28H,3,8-9H2,1-2H3,(H2,21,22,23,25)/t11-,13-,16-,17+/m1/s1. The van der Waals surface area contributed by atoms with Crippen molar-refractivity contribution in [2.75, 3.05) is 23.8 Å². The van der Waals surface area contributed by atoms with Gasteiger partial charge in [0.15, 0.2) is 0 Å². The van der Waals surface area contributed by atoms with Crippen LogP contribution in [0.4, 0.5) is 11.8 Å². The molecule has 0 amide bonds. The average Bonchev–Trinajstić information content (AvgIpc) is 3.24. The summed E-state index contributed by atoms with van der Waals surface area (Å²) in [7, 11) is 0. The lowest BCUT2D eigenvalue weighted by Gasteiger charge is -2.21. The number of hydrogen-bond acceptors (Lipinski definition) is 9. The van der Waals surface area contributed by atoms with E-state index in [4.69, 9.17) is 4.98 Å². The third-order valence-corrected chi connectivity index (χ3v) is 6.34. The number of benzene rings is 1. The van der Waals surface area contributed by atoms with Crippen LogP contribution in [0.25, 0.3) is 20.8 Å². The van der Waals surface area contributed by atoms with Gasteiger partial charge in [0.25, 0.3) is 0 Å². The van der Waals surface area contributed by atoms with Crippen molar-refractivity contribution in [3.63, 3.8) is 0 Å². The van der Waals surface area contributed by atoms with Crippen molar-refractivity contribution in [3.05, 3.63) is 30.0 Å². The Balaban J connectivity index is 1.76. The van der Waals surface area contributed by atoms with Crippen LogP contribution in [0.5, 0.6) is 0 Å². The van der Waals surface area contributed by atoms with Crippen molar-refractivity contribution in [2.45, 2.75) is 38.5 Å². The highest BCUT2D eigenvalue weighted by Crippen LogP contribution is 2.38. The second kappa shape index (κ2) is 8.19. The van der Waals surface area contributed by atoms with Crippen molar-refractivity contribution in [2.24, 2.45) is 5.92 Å². The van der Waals surface area contributed by atoms with Gasteiger partial charge < -0.3 is 26.0 Å². The smallest absolute Gasteiger partial charge is 0.224 e. The number of para-hydroxylation sites is 1. The number of nitrogens with zero attached hydrogens (tertiary/aromatic N) is 3. The number of hydrogen-bond donors (Lipinski definition) is 5. The normalized spacial score (nSPS) is 24.2. The van der Waals surface area contributed by atoms with Crippen molar-refractivity contribution in [1.82, 2.24) is 15.0 Å². The van der Waals surface area contributed by atoms with Crippen LogP contribution in [0.15, 0.2) is 24.3 Å². The third kappa shape index (κ3) is 3.78. The van der Waals surface area contributed by atoms with Gasteiger partial charge in [-0.1, -0.05) is 12.1 Å². The van der Waals surface area contributed by atoms with E-state index >= 15 is 0 Å². The summed E-state index contributed by atoms with van der Waals surface area (Å²) in [6, 6.07) is 7.49. The number of aliphatic hydroxyl groups excluding tert-OH is 3. The van der Waals surface area contributed by atoms with Crippen LogP contribution >= 0.6 is 11.3 Å². The molecule has 0 spiro atoms. The monoisotopic (exact) mass is 415 g/mol. The van der Waals surface area contributed by atoms with Gasteiger partial charge in [0, 0.05) is 19.1 Å². The van der Waals surface area contributed by atoms with Gasteiger partial charge in [0.1, 0.15) is 16.9 Å². The molecule has 1 fully saturated rings. The first-order chi connectivity index (χ1) is 14.0. The molecule has 1 aliphatic carbocycles. The summed E-state index contributed by atoms with van der Waals surface area (Å²) in [6.07, 6.45) is -1.52. The summed E-state index contributed by atoms with van der Waals surface area (Å²) in [5, 5.41) is 37.3. The molecule has 1 aromatic carbocycles. The molecule has 0 radical (unpaired) electrons. The molecular formula is C20H25N5O3S. The Bertz CT molecular complexity index is 978. The molecule has 0 bridgehead atoms. The lowest BCUT2D eigenvalue weighted by molar-refractivity contribution is 0.00446. The summed E-state index contributed by atoms with van der Waals surface area (Å²) in [4.78, 5) is 13.9. The molecule has 2 aromatic heterocycles. The number of aromatic nitrogens is 3. The van der Waals surface area contributed by atoms with Crippen LogP contribution < -0.4 is 10.6 Å². The van der Waals surface area contributed by atoms with Gasteiger partial charge in [-0.25, -0.2) is 9.97 Å². The summed E-state index contributed by atoms with van der Waals surface area (Å²) in [5.41, 5.74) is 2.46. The quantitative estimate of drug-likeness (QED) is 0.414. The van der Waals surface area contributed by atoms with Crippen LogP contribution in [0.3, 0.4) is 0 Å². The van der Waals surface area contributed by atoms with Gasteiger partial charge in [0.05, 0.1) is 33.6 Å². The Hall–Kier alpha value is -2.33. The lowest BCUT2D eigenvalue weighted by atomic mass is 10.1. The van der Waals surface area contributed by atoms with E-state index in [-0.39, 0.29) is 12.5 Å². The van der Waals surface area contributed by atoms with E-state index < -0.39 is 18.2 Å². The molecule has 1 aliphatic rings. The Morgan fingerprint density at radius 3 is 2.62 bits per heavy atom. The highest BCUT2D eigenvalue weighted by molar-refractivity contribution is 7.21. The number of thiazole rings is 1.